The first-order valence-corrected chi connectivity index (χ1v) is 10.5. The largest absolute Gasteiger partial charge is 0.296 e. The molecule has 1 amide bonds. The maximum absolute atomic E-state index is 12.4. The molecule has 0 aliphatic rings. The third-order valence-corrected chi connectivity index (χ3v) is 5.38. The van der Waals surface area contributed by atoms with Gasteiger partial charge in [-0.15, -0.1) is 16.8 Å². The van der Waals surface area contributed by atoms with E-state index >= 15 is 0 Å². The molecular weight excluding hydrogens is 368 g/mol. The third-order valence-electron chi connectivity index (χ3n) is 2.83. The van der Waals surface area contributed by atoms with Crippen LogP contribution in [0.5, 0.6) is 0 Å². The second-order valence-corrected chi connectivity index (χ2v) is 8.77. The van der Waals surface area contributed by atoms with Gasteiger partial charge in [-0.05, 0) is 24.6 Å². The smallest absolute Gasteiger partial charge is 0.257 e. The molecule has 0 spiro atoms. The van der Waals surface area contributed by atoms with Crippen molar-refractivity contribution in [3.63, 3.8) is 0 Å². The first kappa shape index (κ1) is 18.4. The number of carbonyl (C=O) groups is 1. The fourth-order valence-corrected chi connectivity index (χ4v) is 3.93. The highest BCUT2D eigenvalue weighted by Gasteiger charge is 2.15. The van der Waals surface area contributed by atoms with Crippen LogP contribution in [0.3, 0.4) is 0 Å². The number of anilines is 2. The van der Waals surface area contributed by atoms with Gasteiger partial charge in [-0.25, -0.2) is 8.42 Å². The quantitative estimate of drug-likeness (QED) is 0.432. The summed E-state index contributed by atoms with van der Waals surface area (Å²) >= 11 is 2.74. The Morgan fingerprint density at radius 2 is 2.17 bits per heavy atom. The van der Waals surface area contributed by atoms with Gasteiger partial charge in [0.05, 0.1) is 11.9 Å². The van der Waals surface area contributed by atoms with E-state index < -0.39 is 10.0 Å². The zero-order valence-electron chi connectivity index (χ0n) is 13.1. The highest BCUT2D eigenvalue weighted by atomic mass is 32.2. The highest BCUT2D eigenvalue weighted by Crippen LogP contribution is 2.26. The molecule has 1 heterocycles. The standard InChI is InChI=1S/C14H16N4O3S3/c1-4-8-22-14-17-16-13(23-14)15-12(19)10-6-5-7-11(9(10)2)18-24(3,20)21/h4-7,18H,1,8H2,2-3H3,(H,15,16,19). The summed E-state index contributed by atoms with van der Waals surface area (Å²) in [7, 11) is -3.42. The lowest BCUT2D eigenvalue weighted by atomic mass is 10.1. The minimum atomic E-state index is -3.42. The van der Waals surface area contributed by atoms with E-state index in [4.69, 9.17) is 0 Å². The molecule has 2 N–H and O–H groups in total. The summed E-state index contributed by atoms with van der Waals surface area (Å²) in [6.07, 6.45) is 2.82. The molecule has 128 valence electrons. The number of nitrogens with zero attached hydrogens (tertiary/aromatic N) is 2. The Kier molecular flexibility index (Phi) is 5.97. The molecule has 1 aromatic carbocycles. The number of thioether (sulfide) groups is 1. The normalized spacial score (nSPS) is 11.1. The maximum atomic E-state index is 12.4. The van der Waals surface area contributed by atoms with Crippen LogP contribution in [0.25, 0.3) is 0 Å². The van der Waals surface area contributed by atoms with Crippen LogP contribution in [0.1, 0.15) is 15.9 Å². The van der Waals surface area contributed by atoms with Crippen molar-refractivity contribution in [2.45, 2.75) is 11.3 Å². The number of amides is 1. The van der Waals surface area contributed by atoms with Gasteiger partial charge in [0.15, 0.2) is 4.34 Å². The first-order chi connectivity index (χ1) is 11.3. The Labute approximate surface area is 148 Å². The molecule has 7 nitrogen and oxygen atoms in total. The lowest BCUT2D eigenvalue weighted by Gasteiger charge is -2.11. The van der Waals surface area contributed by atoms with Crippen LogP contribution >= 0.6 is 23.1 Å². The van der Waals surface area contributed by atoms with Crippen LogP contribution in [0.15, 0.2) is 35.2 Å². The van der Waals surface area contributed by atoms with Crippen LogP contribution < -0.4 is 10.0 Å². The van der Waals surface area contributed by atoms with Crippen molar-refractivity contribution in [3.05, 3.63) is 42.0 Å². The van der Waals surface area contributed by atoms with Crippen LogP contribution in [0.4, 0.5) is 10.8 Å². The number of carbonyl (C=O) groups excluding carboxylic acids is 1. The highest BCUT2D eigenvalue weighted by molar-refractivity contribution is 8.01. The monoisotopic (exact) mass is 384 g/mol. The van der Waals surface area contributed by atoms with E-state index in [1.165, 1.54) is 23.1 Å². The molecule has 0 bridgehead atoms. The van der Waals surface area contributed by atoms with Gasteiger partial charge in [0.1, 0.15) is 0 Å². The van der Waals surface area contributed by atoms with Gasteiger partial charge in [-0.2, -0.15) is 0 Å². The van der Waals surface area contributed by atoms with E-state index in [1.807, 2.05) is 0 Å². The summed E-state index contributed by atoms with van der Waals surface area (Å²) in [6.45, 7) is 5.31. The summed E-state index contributed by atoms with van der Waals surface area (Å²) < 4.78 is 25.9. The van der Waals surface area contributed by atoms with E-state index in [0.717, 1.165) is 10.6 Å². The number of hydrogen-bond acceptors (Lipinski definition) is 7. The number of rotatable bonds is 7. The van der Waals surface area contributed by atoms with E-state index in [0.29, 0.717) is 27.7 Å². The first-order valence-electron chi connectivity index (χ1n) is 6.76. The molecule has 0 aliphatic heterocycles. The Hall–Kier alpha value is -1.91. The van der Waals surface area contributed by atoms with Crippen LogP contribution in [0, 0.1) is 6.92 Å². The van der Waals surface area contributed by atoms with Gasteiger partial charge in [-0.3, -0.25) is 14.8 Å². The Balaban J connectivity index is 2.16. The van der Waals surface area contributed by atoms with Gasteiger partial charge in [0.25, 0.3) is 5.91 Å². The molecule has 0 fully saturated rings. The zero-order valence-corrected chi connectivity index (χ0v) is 15.5. The summed E-state index contributed by atoms with van der Waals surface area (Å²) in [5.41, 5.74) is 1.26. The van der Waals surface area contributed by atoms with Gasteiger partial charge in [0, 0.05) is 11.3 Å². The topological polar surface area (TPSA) is 101 Å². The van der Waals surface area contributed by atoms with Crippen molar-refractivity contribution in [2.75, 3.05) is 22.0 Å². The molecule has 24 heavy (non-hydrogen) atoms. The Bertz CT molecular complexity index is 862. The minimum Gasteiger partial charge on any atom is -0.296 e. The molecule has 10 heteroatoms. The molecule has 0 aliphatic carbocycles. The Morgan fingerprint density at radius 3 is 2.83 bits per heavy atom. The molecule has 2 aromatic rings. The average Bonchev–Trinajstić information content (AvgIpc) is 2.93. The number of sulfonamides is 1. The van der Waals surface area contributed by atoms with Crippen LogP contribution in [0.2, 0.25) is 0 Å². The third kappa shape index (κ3) is 5.05. The lowest BCUT2D eigenvalue weighted by Crippen LogP contribution is -2.16. The van der Waals surface area contributed by atoms with Crippen LogP contribution in [-0.2, 0) is 10.0 Å². The van der Waals surface area contributed by atoms with Crippen molar-refractivity contribution in [3.8, 4) is 0 Å². The number of benzene rings is 1. The summed E-state index contributed by atoms with van der Waals surface area (Å²) in [6, 6.07) is 4.83. The van der Waals surface area contributed by atoms with Gasteiger partial charge >= 0.3 is 0 Å². The van der Waals surface area contributed by atoms with Crippen LogP contribution in [-0.4, -0.2) is 36.5 Å². The number of nitrogens with one attached hydrogen (secondary N) is 2. The van der Waals surface area contributed by atoms with E-state index in [1.54, 1.807) is 31.2 Å². The van der Waals surface area contributed by atoms with E-state index in [-0.39, 0.29) is 5.91 Å². The second kappa shape index (κ2) is 7.77. The molecule has 1 aromatic heterocycles. The van der Waals surface area contributed by atoms with Crippen molar-refractivity contribution in [1.29, 1.82) is 0 Å². The lowest BCUT2D eigenvalue weighted by molar-refractivity contribution is 0.102. The maximum Gasteiger partial charge on any atom is 0.257 e. The molecule has 0 radical (unpaired) electrons. The van der Waals surface area contributed by atoms with E-state index in [9.17, 15) is 13.2 Å². The van der Waals surface area contributed by atoms with E-state index in [2.05, 4.69) is 26.8 Å². The average molecular weight is 385 g/mol. The van der Waals surface area contributed by atoms with Gasteiger partial charge in [-0.1, -0.05) is 35.2 Å². The second-order valence-electron chi connectivity index (χ2n) is 4.78. The summed E-state index contributed by atoms with van der Waals surface area (Å²) in [4.78, 5) is 12.4. The molecular formula is C14H16N4O3S3. The minimum absolute atomic E-state index is 0.360. The molecule has 2 rings (SSSR count). The summed E-state index contributed by atoms with van der Waals surface area (Å²) in [5.74, 6) is 0.335. The number of aromatic nitrogens is 2. The predicted molar refractivity (Wildman–Crippen MR) is 98.4 cm³/mol. The predicted octanol–water partition coefficient (Wildman–Crippen LogP) is 2.75. The van der Waals surface area contributed by atoms with Gasteiger partial charge in [0.2, 0.25) is 15.2 Å². The molecule has 0 unspecified atom stereocenters. The molecule has 0 atom stereocenters. The molecule has 0 saturated carbocycles. The zero-order chi connectivity index (χ0) is 17.7. The fraction of sp³-hybridized carbons (Fsp3) is 0.214. The summed E-state index contributed by atoms with van der Waals surface area (Å²) in [5, 5.41) is 10.9. The Morgan fingerprint density at radius 1 is 1.42 bits per heavy atom. The van der Waals surface area contributed by atoms with Crippen molar-refractivity contribution >= 4 is 49.8 Å². The molecule has 0 saturated heterocycles. The van der Waals surface area contributed by atoms with Crippen molar-refractivity contribution in [1.82, 2.24) is 10.2 Å². The fourth-order valence-electron chi connectivity index (χ4n) is 1.81. The van der Waals surface area contributed by atoms with Crippen molar-refractivity contribution < 1.29 is 13.2 Å². The van der Waals surface area contributed by atoms with Gasteiger partial charge < -0.3 is 0 Å². The number of hydrogen-bond donors (Lipinski definition) is 2. The SMILES string of the molecule is C=CCSc1nnc(NC(=O)c2cccc(NS(C)(=O)=O)c2C)s1. The van der Waals surface area contributed by atoms with Crippen molar-refractivity contribution in [2.24, 2.45) is 0 Å².